The Morgan fingerprint density at radius 3 is 2.71 bits per heavy atom. The molecule has 1 aliphatic carbocycles. The van der Waals surface area contributed by atoms with Gasteiger partial charge in [0, 0.05) is 18.2 Å². The van der Waals surface area contributed by atoms with Crippen LogP contribution in [0.1, 0.15) is 47.7 Å². The quantitative estimate of drug-likeness (QED) is 0.909. The number of nitrogens with zero attached hydrogens (tertiary/aromatic N) is 1. The third kappa shape index (κ3) is 2.67. The molecule has 1 heterocycles. The molecule has 0 aromatic heterocycles. The van der Waals surface area contributed by atoms with E-state index in [1.54, 1.807) is 4.90 Å². The normalized spacial score (nSPS) is 24.7. The van der Waals surface area contributed by atoms with Crippen molar-refractivity contribution in [1.29, 1.82) is 0 Å². The summed E-state index contributed by atoms with van der Waals surface area (Å²) in [5, 5.41) is 9.18. The molecule has 0 bridgehead atoms. The number of hydrogen-bond acceptors (Lipinski definition) is 2. The second kappa shape index (κ2) is 5.51. The first-order chi connectivity index (χ1) is 10.1. The molecule has 2 aliphatic rings. The zero-order valence-corrected chi connectivity index (χ0v) is 12.3. The van der Waals surface area contributed by atoms with Gasteiger partial charge in [0.1, 0.15) is 0 Å². The number of carbonyl (C=O) groups excluding carboxylic acids is 1. The van der Waals surface area contributed by atoms with Crippen LogP contribution in [-0.4, -0.2) is 34.5 Å². The van der Waals surface area contributed by atoms with E-state index < -0.39 is 11.9 Å². The van der Waals surface area contributed by atoms with Gasteiger partial charge < -0.3 is 10.0 Å². The van der Waals surface area contributed by atoms with Crippen molar-refractivity contribution in [2.24, 2.45) is 5.92 Å². The van der Waals surface area contributed by atoms with Crippen LogP contribution in [0.3, 0.4) is 0 Å². The van der Waals surface area contributed by atoms with E-state index in [4.69, 9.17) is 0 Å². The van der Waals surface area contributed by atoms with Gasteiger partial charge in [0.05, 0.1) is 5.92 Å². The fourth-order valence-corrected chi connectivity index (χ4v) is 3.46. The summed E-state index contributed by atoms with van der Waals surface area (Å²) in [5.41, 5.74) is 3.33. The van der Waals surface area contributed by atoms with Gasteiger partial charge in [-0.25, -0.2) is 0 Å². The predicted molar refractivity (Wildman–Crippen MR) is 79.3 cm³/mol. The third-order valence-electron chi connectivity index (χ3n) is 4.84. The molecule has 2 unspecified atom stereocenters. The maximum Gasteiger partial charge on any atom is 0.308 e. The zero-order valence-electron chi connectivity index (χ0n) is 12.3. The summed E-state index contributed by atoms with van der Waals surface area (Å²) in [6.45, 7) is 2.33. The van der Waals surface area contributed by atoms with Gasteiger partial charge in [0.2, 0.25) is 0 Å². The highest BCUT2D eigenvalue weighted by molar-refractivity contribution is 5.95. The van der Waals surface area contributed by atoms with Crippen LogP contribution in [0.4, 0.5) is 0 Å². The minimum absolute atomic E-state index is 0.0249. The van der Waals surface area contributed by atoms with E-state index in [1.165, 1.54) is 11.1 Å². The molecule has 0 radical (unpaired) electrons. The number of hydrogen-bond donors (Lipinski definition) is 1. The van der Waals surface area contributed by atoms with Crippen molar-refractivity contribution in [1.82, 2.24) is 4.90 Å². The molecule has 21 heavy (non-hydrogen) atoms. The monoisotopic (exact) mass is 287 g/mol. The van der Waals surface area contributed by atoms with Crippen LogP contribution in [0.2, 0.25) is 0 Å². The van der Waals surface area contributed by atoms with Gasteiger partial charge in [0.15, 0.2) is 0 Å². The first kappa shape index (κ1) is 14.1. The number of benzene rings is 1. The summed E-state index contributed by atoms with van der Waals surface area (Å²) in [4.78, 5) is 25.6. The Balaban J connectivity index is 1.81. The first-order valence-electron chi connectivity index (χ1n) is 7.72. The summed E-state index contributed by atoms with van der Waals surface area (Å²) in [5.74, 6) is -1.25. The third-order valence-corrected chi connectivity index (χ3v) is 4.84. The molecule has 0 saturated carbocycles. The van der Waals surface area contributed by atoms with Crippen molar-refractivity contribution in [2.75, 3.05) is 6.54 Å². The van der Waals surface area contributed by atoms with Crippen LogP contribution in [-0.2, 0) is 17.6 Å². The standard InChI is InChI=1S/C17H21NO3/c1-11-5-6-15(17(20)21)10-18(11)16(19)14-8-7-12-3-2-4-13(12)9-14/h7-9,11,15H,2-6,10H2,1H3,(H,20,21). The number of piperidine rings is 1. The van der Waals surface area contributed by atoms with Crippen LogP contribution < -0.4 is 0 Å². The van der Waals surface area contributed by atoms with Gasteiger partial charge in [0.25, 0.3) is 5.91 Å². The zero-order chi connectivity index (χ0) is 15.0. The number of rotatable bonds is 2. The first-order valence-corrected chi connectivity index (χ1v) is 7.72. The Bertz CT molecular complexity index is 581. The van der Waals surface area contributed by atoms with Gasteiger partial charge in [-0.15, -0.1) is 0 Å². The number of carboxylic acid groups (broad SMARTS) is 1. The molecule has 3 rings (SSSR count). The summed E-state index contributed by atoms with van der Waals surface area (Å²) in [6.07, 6.45) is 4.72. The van der Waals surface area contributed by atoms with Crippen molar-refractivity contribution >= 4 is 11.9 Å². The Hall–Kier alpha value is -1.84. The molecule has 4 nitrogen and oxygen atoms in total. The molecule has 1 aromatic rings. The molecular weight excluding hydrogens is 266 g/mol. The highest BCUT2D eigenvalue weighted by atomic mass is 16.4. The van der Waals surface area contributed by atoms with E-state index in [1.807, 2.05) is 19.1 Å². The number of carbonyl (C=O) groups is 2. The Labute approximate surface area is 124 Å². The Kier molecular flexibility index (Phi) is 3.70. The predicted octanol–water partition coefficient (Wildman–Crippen LogP) is 2.50. The number of likely N-dealkylation sites (tertiary alicyclic amines) is 1. The van der Waals surface area contributed by atoms with Crippen molar-refractivity contribution in [3.63, 3.8) is 0 Å². The molecule has 1 saturated heterocycles. The molecule has 1 N–H and O–H groups in total. The number of aliphatic carboxylic acids is 1. The Morgan fingerprint density at radius 2 is 1.95 bits per heavy atom. The van der Waals surface area contributed by atoms with Crippen molar-refractivity contribution < 1.29 is 14.7 Å². The second-order valence-electron chi connectivity index (χ2n) is 6.26. The van der Waals surface area contributed by atoms with Crippen LogP contribution in [0.5, 0.6) is 0 Å². The van der Waals surface area contributed by atoms with E-state index in [2.05, 4.69) is 6.07 Å². The number of carboxylic acids is 1. The van der Waals surface area contributed by atoms with E-state index >= 15 is 0 Å². The summed E-state index contributed by atoms with van der Waals surface area (Å²) in [6, 6.07) is 6.06. The highest BCUT2D eigenvalue weighted by Crippen LogP contribution is 2.27. The molecule has 4 heteroatoms. The fraction of sp³-hybridized carbons (Fsp3) is 0.529. The summed E-state index contributed by atoms with van der Waals surface area (Å²) >= 11 is 0. The molecular formula is C17H21NO3. The van der Waals surface area contributed by atoms with Gasteiger partial charge in [-0.05, 0) is 62.3 Å². The van der Waals surface area contributed by atoms with E-state index in [9.17, 15) is 14.7 Å². The van der Waals surface area contributed by atoms with Crippen molar-refractivity contribution in [2.45, 2.75) is 45.1 Å². The molecule has 1 aromatic carbocycles. The lowest BCUT2D eigenvalue weighted by Gasteiger charge is -2.36. The van der Waals surface area contributed by atoms with Crippen molar-refractivity contribution in [3.05, 3.63) is 34.9 Å². The fourth-order valence-electron chi connectivity index (χ4n) is 3.46. The smallest absolute Gasteiger partial charge is 0.308 e. The highest BCUT2D eigenvalue weighted by Gasteiger charge is 2.33. The molecule has 0 spiro atoms. The largest absolute Gasteiger partial charge is 0.481 e. The number of fused-ring (bicyclic) bond motifs is 1. The van der Waals surface area contributed by atoms with E-state index in [0.29, 0.717) is 18.5 Å². The van der Waals surface area contributed by atoms with E-state index in [0.717, 1.165) is 25.7 Å². The lowest BCUT2D eigenvalue weighted by atomic mass is 9.92. The number of aryl methyl sites for hydroxylation is 2. The molecule has 1 aliphatic heterocycles. The second-order valence-corrected chi connectivity index (χ2v) is 6.26. The van der Waals surface area contributed by atoms with Gasteiger partial charge >= 0.3 is 5.97 Å². The average molecular weight is 287 g/mol. The number of amides is 1. The summed E-state index contributed by atoms with van der Waals surface area (Å²) < 4.78 is 0. The molecule has 2 atom stereocenters. The van der Waals surface area contributed by atoms with Gasteiger partial charge in [-0.3, -0.25) is 9.59 Å². The topological polar surface area (TPSA) is 57.6 Å². The lowest BCUT2D eigenvalue weighted by molar-refractivity contribution is -0.143. The molecule has 1 amide bonds. The van der Waals surface area contributed by atoms with Crippen LogP contribution in [0, 0.1) is 5.92 Å². The maximum absolute atomic E-state index is 12.7. The van der Waals surface area contributed by atoms with Crippen LogP contribution in [0.25, 0.3) is 0 Å². The lowest BCUT2D eigenvalue weighted by Crippen LogP contribution is -2.47. The average Bonchev–Trinajstić information content (AvgIpc) is 2.94. The van der Waals surface area contributed by atoms with Crippen LogP contribution >= 0.6 is 0 Å². The minimum atomic E-state index is -0.798. The van der Waals surface area contributed by atoms with Gasteiger partial charge in [-0.1, -0.05) is 6.07 Å². The van der Waals surface area contributed by atoms with Crippen LogP contribution in [0.15, 0.2) is 18.2 Å². The van der Waals surface area contributed by atoms with Gasteiger partial charge in [-0.2, -0.15) is 0 Å². The minimum Gasteiger partial charge on any atom is -0.481 e. The Morgan fingerprint density at radius 1 is 1.19 bits per heavy atom. The summed E-state index contributed by atoms with van der Waals surface area (Å²) in [7, 11) is 0. The van der Waals surface area contributed by atoms with E-state index in [-0.39, 0.29) is 11.9 Å². The molecule has 1 fully saturated rings. The molecule has 112 valence electrons. The van der Waals surface area contributed by atoms with Crippen molar-refractivity contribution in [3.8, 4) is 0 Å². The SMILES string of the molecule is CC1CCC(C(=O)O)CN1C(=O)c1ccc2c(c1)CCC2. The maximum atomic E-state index is 12.7.